The Bertz CT molecular complexity index is 797. The van der Waals surface area contributed by atoms with Gasteiger partial charge in [-0.3, -0.25) is 9.59 Å². The van der Waals surface area contributed by atoms with Gasteiger partial charge in [-0.05, 0) is 6.07 Å². The average molecular weight is 300 g/mol. The van der Waals surface area contributed by atoms with Crippen LogP contribution in [0.25, 0.3) is 11.3 Å². The Morgan fingerprint density at radius 2 is 1.86 bits per heavy atom. The Hall–Kier alpha value is -2.31. The summed E-state index contributed by atoms with van der Waals surface area (Å²) in [6.45, 7) is 5.69. The Morgan fingerprint density at radius 3 is 2.45 bits per heavy atom. The van der Waals surface area contributed by atoms with Crippen molar-refractivity contribution >= 4 is 17.3 Å². The second-order valence-electron chi connectivity index (χ2n) is 6.39. The zero-order chi connectivity index (χ0) is 16.2. The van der Waals surface area contributed by atoms with Crippen molar-refractivity contribution in [3.8, 4) is 11.3 Å². The quantitative estimate of drug-likeness (QED) is 0.639. The molecule has 2 aromatic rings. The Morgan fingerprint density at radius 1 is 1.18 bits per heavy atom. The molecule has 1 aromatic carbocycles. The van der Waals surface area contributed by atoms with Crippen LogP contribution in [0.5, 0.6) is 0 Å². The second-order valence-corrected chi connectivity index (χ2v) is 6.39. The number of hydrogen-bond donors (Lipinski definition) is 1. The van der Waals surface area contributed by atoms with Crippen molar-refractivity contribution in [3.05, 3.63) is 40.6 Å². The van der Waals surface area contributed by atoms with Gasteiger partial charge in [0.15, 0.2) is 11.5 Å². The first-order chi connectivity index (χ1) is 10.2. The van der Waals surface area contributed by atoms with Crippen molar-refractivity contribution in [1.29, 1.82) is 0 Å². The van der Waals surface area contributed by atoms with Crippen molar-refractivity contribution in [1.82, 2.24) is 4.98 Å². The number of rotatable bonds is 1. The zero-order valence-corrected chi connectivity index (χ0v) is 12.8. The number of hydroxylamine groups is 1. The summed E-state index contributed by atoms with van der Waals surface area (Å²) in [6, 6.07) is 4.74. The van der Waals surface area contributed by atoms with Crippen LogP contribution in [-0.4, -0.2) is 23.6 Å². The molecule has 1 aromatic heterocycles. The van der Waals surface area contributed by atoms with Crippen LogP contribution in [0.3, 0.4) is 0 Å². The first-order valence-corrected chi connectivity index (χ1v) is 6.96. The van der Waals surface area contributed by atoms with Gasteiger partial charge in [-0.1, -0.05) is 26.8 Å². The van der Waals surface area contributed by atoms with Crippen LogP contribution in [0.1, 0.15) is 47.5 Å². The minimum absolute atomic E-state index is 0.00359. The van der Waals surface area contributed by atoms with Gasteiger partial charge in [-0.15, -0.1) is 0 Å². The molecule has 3 rings (SSSR count). The van der Waals surface area contributed by atoms with Crippen LogP contribution in [0.15, 0.2) is 22.6 Å². The third kappa shape index (κ3) is 2.00. The largest absolute Gasteiger partial charge is 0.629 e. The smallest absolute Gasteiger partial charge is 0.255 e. The lowest BCUT2D eigenvalue weighted by molar-refractivity contribution is -0.751. The minimum atomic E-state index is -0.692. The molecule has 0 fully saturated rings. The molecule has 0 saturated heterocycles. The van der Waals surface area contributed by atoms with Crippen LogP contribution in [0.4, 0.5) is 5.69 Å². The molecule has 0 radical (unpaired) electrons. The molecule has 0 aliphatic heterocycles. The van der Waals surface area contributed by atoms with Crippen LogP contribution in [0, 0.1) is 5.21 Å². The topological polar surface area (TPSA) is 87.7 Å². The van der Waals surface area contributed by atoms with E-state index in [9.17, 15) is 14.8 Å². The summed E-state index contributed by atoms with van der Waals surface area (Å²) in [6.07, 6.45) is 0. The van der Waals surface area contributed by atoms with E-state index in [-0.39, 0.29) is 22.1 Å². The third-order valence-corrected chi connectivity index (χ3v) is 3.61. The van der Waals surface area contributed by atoms with E-state index in [4.69, 9.17) is 4.42 Å². The zero-order valence-electron chi connectivity index (χ0n) is 12.8. The number of carbonyl (C=O) groups is 2. The van der Waals surface area contributed by atoms with Crippen LogP contribution in [-0.2, 0) is 5.41 Å². The number of benzene rings is 1. The number of oxazole rings is 1. The van der Waals surface area contributed by atoms with Crippen molar-refractivity contribution in [2.45, 2.75) is 26.2 Å². The monoisotopic (exact) mass is 300 g/mol. The summed E-state index contributed by atoms with van der Waals surface area (Å²) in [5.74, 6) is -0.762. The highest BCUT2D eigenvalue weighted by Crippen LogP contribution is 2.39. The third-order valence-electron chi connectivity index (χ3n) is 3.61. The predicted octanol–water partition coefficient (Wildman–Crippen LogP) is 1.66. The standard InChI is InChI=1S/C16H16N2O4/c1-16(2,3)15-17-11-13(20)12(19)8-6-5-7-9(18(4)21)10(8)14(11)22-15/h5-7,18H,1-4H3. The molecular formula is C16H16N2O4. The number of aromatic nitrogens is 1. The maximum atomic E-state index is 12.3. The number of nitrogens with zero attached hydrogens (tertiary/aromatic N) is 1. The molecule has 1 unspecified atom stereocenters. The van der Waals surface area contributed by atoms with Gasteiger partial charge >= 0.3 is 0 Å². The average Bonchev–Trinajstić information content (AvgIpc) is 2.89. The SMILES string of the molecule is C[NH+]([O-])c1cccc2c1-c1oc(C(C)(C)C)nc1C(=O)C2=O. The van der Waals surface area contributed by atoms with Gasteiger partial charge in [-0.2, -0.15) is 0 Å². The van der Waals surface area contributed by atoms with Crippen molar-refractivity contribution < 1.29 is 19.1 Å². The normalized spacial score (nSPS) is 15.5. The molecule has 1 heterocycles. The van der Waals surface area contributed by atoms with E-state index >= 15 is 0 Å². The molecule has 22 heavy (non-hydrogen) atoms. The van der Waals surface area contributed by atoms with E-state index in [1.54, 1.807) is 12.1 Å². The summed E-state index contributed by atoms with van der Waals surface area (Å²) < 4.78 is 5.77. The lowest BCUT2D eigenvalue weighted by Crippen LogP contribution is -2.98. The lowest BCUT2D eigenvalue weighted by atomic mass is 9.89. The van der Waals surface area contributed by atoms with Gasteiger partial charge in [0.25, 0.3) is 5.78 Å². The minimum Gasteiger partial charge on any atom is -0.629 e. The highest BCUT2D eigenvalue weighted by atomic mass is 16.5. The van der Waals surface area contributed by atoms with E-state index in [0.29, 0.717) is 17.1 Å². The highest BCUT2D eigenvalue weighted by Gasteiger charge is 2.39. The number of nitrogens with one attached hydrogen (secondary N) is 1. The summed E-state index contributed by atoms with van der Waals surface area (Å²) in [4.78, 5) is 28.7. The highest BCUT2D eigenvalue weighted by molar-refractivity contribution is 6.52. The van der Waals surface area contributed by atoms with Gasteiger partial charge in [0.2, 0.25) is 11.7 Å². The number of ketones is 2. The number of fused-ring (bicyclic) bond motifs is 3. The molecule has 6 heteroatoms. The Balaban J connectivity index is 2.36. The van der Waals surface area contributed by atoms with Gasteiger partial charge in [0.1, 0.15) is 5.69 Å². The Kier molecular flexibility index (Phi) is 3.05. The van der Waals surface area contributed by atoms with Crippen LogP contribution in [0.2, 0.25) is 0 Å². The van der Waals surface area contributed by atoms with Crippen molar-refractivity contribution in [2.24, 2.45) is 0 Å². The number of quaternary nitrogens is 1. The number of Topliss-reactive ketones (excluding diaryl/α,β-unsaturated/α-hetero) is 2. The molecule has 1 atom stereocenters. The molecule has 0 saturated carbocycles. The maximum Gasteiger partial charge on any atom is 0.255 e. The molecule has 0 amide bonds. The molecule has 1 N–H and O–H groups in total. The fourth-order valence-electron chi connectivity index (χ4n) is 2.47. The second kappa shape index (κ2) is 4.59. The molecule has 0 bridgehead atoms. The molecular weight excluding hydrogens is 284 g/mol. The molecule has 6 nitrogen and oxygen atoms in total. The van der Waals surface area contributed by atoms with Crippen LogP contribution >= 0.6 is 0 Å². The van der Waals surface area contributed by atoms with Gasteiger partial charge < -0.3 is 14.7 Å². The van der Waals surface area contributed by atoms with Gasteiger partial charge in [0.05, 0.1) is 12.6 Å². The number of carbonyl (C=O) groups excluding carboxylic acids is 2. The summed E-state index contributed by atoms with van der Waals surface area (Å²) >= 11 is 0. The molecule has 114 valence electrons. The number of hydrogen-bond acceptors (Lipinski definition) is 5. The molecule has 0 spiro atoms. The van der Waals surface area contributed by atoms with E-state index in [0.717, 1.165) is 0 Å². The fourth-order valence-corrected chi connectivity index (χ4v) is 2.47. The summed E-state index contributed by atoms with van der Waals surface area (Å²) in [5, 5.41) is 11.7. The predicted molar refractivity (Wildman–Crippen MR) is 79.2 cm³/mol. The maximum absolute atomic E-state index is 12.3. The summed E-state index contributed by atoms with van der Waals surface area (Å²) in [7, 11) is 1.41. The van der Waals surface area contributed by atoms with E-state index in [1.165, 1.54) is 13.1 Å². The van der Waals surface area contributed by atoms with Gasteiger partial charge in [0, 0.05) is 17.0 Å². The fraction of sp³-hybridized carbons (Fsp3) is 0.312. The van der Waals surface area contributed by atoms with Gasteiger partial charge in [-0.25, -0.2) is 4.98 Å². The van der Waals surface area contributed by atoms with Crippen LogP contribution < -0.4 is 5.06 Å². The van der Waals surface area contributed by atoms with E-state index in [1.807, 2.05) is 20.8 Å². The molecule has 1 aliphatic rings. The lowest BCUT2D eigenvalue weighted by Gasteiger charge is -2.21. The van der Waals surface area contributed by atoms with E-state index in [2.05, 4.69) is 4.98 Å². The molecule has 1 aliphatic carbocycles. The first kappa shape index (κ1) is 14.6. The summed E-state index contributed by atoms with van der Waals surface area (Å²) in [5.41, 5.74) is 0.512. The van der Waals surface area contributed by atoms with Crippen molar-refractivity contribution in [2.75, 3.05) is 7.05 Å². The first-order valence-electron chi connectivity index (χ1n) is 6.96. The van der Waals surface area contributed by atoms with E-state index < -0.39 is 17.0 Å². The Labute approximate surface area is 127 Å². The van der Waals surface area contributed by atoms with Crippen molar-refractivity contribution in [3.63, 3.8) is 0 Å².